The van der Waals surface area contributed by atoms with Gasteiger partial charge in [0.25, 0.3) is 0 Å². The predicted molar refractivity (Wildman–Crippen MR) is 69.0 cm³/mol. The van der Waals surface area contributed by atoms with Crippen LogP contribution >= 0.6 is 23.2 Å². The number of hydrogen-bond acceptors (Lipinski definition) is 2. The summed E-state index contributed by atoms with van der Waals surface area (Å²) in [6.45, 7) is 5.08. The number of nitrogens with zero attached hydrogens (tertiary/aromatic N) is 2. The minimum Gasteiger partial charge on any atom is -0.369 e. The highest BCUT2D eigenvalue weighted by molar-refractivity contribution is 6.42. The van der Waals surface area contributed by atoms with E-state index in [2.05, 4.69) is 18.8 Å². The smallest absolute Gasteiger partial charge is 0.201 e. The number of nitrogens with two attached hydrogens (primary N) is 1. The summed E-state index contributed by atoms with van der Waals surface area (Å²) < 4.78 is 1.96. The van der Waals surface area contributed by atoms with Crippen molar-refractivity contribution in [1.82, 2.24) is 9.55 Å². The van der Waals surface area contributed by atoms with Gasteiger partial charge in [0.15, 0.2) is 0 Å². The van der Waals surface area contributed by atoms with Crippen LogP contribution in [0.2, 0.25) is 10.0 Å². The molecule has 0 amide bonds. The fourth-order valence-electron chi connectivity index (χ4n) is 1.70. The Labute approximate surface area is 104 Å². The Kier molecular flexibility index (Phi) is 3.00. The molecule has 1 heterocycles. The van der Waals surface area contributed by atoms with Gasteiger partial charge in [-0.2, -0.15) is 0 Å². The molecule has 2 aromatic rings. The quantitative estimate of drug-likeness (QED) is 0.894. The summed E-state index contributed by atoms with van der Waals surface area (Å²) in [5, 5.41) is 1.03. The van der Waals surface area contributed by atoms with E-state index in [4.69, 9.17) is 28.9 Å². The van der Waals surface area contributed by atoms with E-state index in [0.717, 1.165) is 17.6 Å². The molecule has 0 unspecified atom stereocenters. The second kappa shape index (κ2) is 4.15. The van der Waals surface area contributed by atoms with E-state index in [0.29, 0.717) is 21.9 Å². The molecule has 0 aliphatic carbocycles. The summed E-state index contributed by atoms with van der Waals surface area (Å²) in [6.07, 6.45) is 0. The number of fused-ring (bicyclic) bond motifs is 1. The van der Waals surface area contributed by atoms with Gasteiger partial charge in [0.2, 0.25) is 5.95 Å². The summed E-state index contributed by atoms with van der Waals surface area (Å²) in [5.41, 5.74) is 7.58. The lowest BCUT2D eigenvalue weighted by molar-refractivity contribution is 0.538. The van der Waals surface area contributed by atoms with Crippen LogP contribution in [0.4, 0.5) is 5.95 Å². The van der Waals surface area contributed by atoms with Crippen LogP contribution in [0.1, 0.15) is 13.8 Å². The van der Waals surface area contributed by atoms with Gasteiger partial charge in [0.1, 0.15) is 0 Å². The molecule has 2 N–H and O–H groups in total. The number of hydrogen-bond donors (Lipinski definition) is 1. The molecule has 0 saturated carbocycles. The first kappa shape index (κ1) is 11.6. The first-order valence-corrected chi connectivity index (χ1v) is 5.85. The van der Waals surface area contributed by atoms with Crippen molar-refractivity contribution in [3.05, 3.63) is 22.2 Å². The van der Waals surface area contributed by atoms with Crippen molar-refractivity contribution in [3.8, 4) is 0 Å². The van der Waals surface area contributed by atoms with Gasteiger partial charge >= 0.3 is 0 Å². The second-order valence-corrected chi connectivity index (χ2v) is 5.04. The highest BCUT2D eigenvalue weighted by Gasteiger charge is 2.11. The zero-order valence-electron chi connectivity index (χ0n) is 9.17. The largest absolute Gasteiger partial charge is 0.369 e. The van der Waals surface area contributed by atoms with Gasteiger partial charge in [-0.05, 0) is 18.1 Å². The number of anilines is 1. The molecular formula is C11H13Cl2N3. The summed E-state index contributed by atoms with van der Waals surface area (Å²) in [7, 11) is 0. The molecule has 0 spiro atoms. The molecule has 3 nitrogen and oxygen atoms in total. The van der Waals surface area contributed by atoms with Crippen molar-refractivity contribution in [2.45, 2.75) is 20.4 Å². The van der Waals surface area contributed by atoms with Crippen molar-refractivity contribution in [3.63, 3.8) is 0 Å². The van der Waals surface area contributed by atoms with Gasteiger partial charge < -0.3 is 10.3 Å². The van der Waals surface area contributed by atoms with Crippen LogP contribution < -0.4 is 5.73 Å². The zero-order chi connectivity index (χ0) is 11.9. The lowest BCUT2D eigenvalue weighted by Gasteiger charge is -2.09. The van der Waals surface area contributed by atoms with Crippen LogP contribution in [0.5, 0.6) is 0 Å². The molecule has 86 valence electrons. The summed E-state index contributed by atoms with van der Waals surface area (Å²) in [5.74, 6) is 0.996. The normalized spacial score (nSPS) is 11.6. The third kappa shape index (κ3) is 1.97. The maximum Gasteiger partial charge on any atom is 0.201 e. The van der Waals surface area contributed by atoms with Crippen LogP contribution in [0, 0.1) is 5.92 Å². The highest BCUT2D eigenvalue weighted by atomic mass is 35.5. The molecule has 0 saturated heterocycles. The van der Waals surface area contributed by atoms with Crippen LogP contribution in [0.3, 0.4) is 0 Å². The molecule has 1 aromatic heterocycles. The average Bonchev–Trinajstić information content (AvgIpc) is 2.45. The fourth-order valence-corrected chi connectivity index (χ4v) is 2.01. The van der Waals surface area contributed by atoms with E-state index >= 15 is 0 Å². The van der Waals surface area contributed by atoms with E-state index in [9.17, 15) is 0 Å². The lowest BCUT2D eigenvalue weighted by Crippen LogP contribution is -2.07. The van der Waals surface area contributed by atoms with E-state index < -0.39 is 0 Å². The maximum absolute atomic E-state index is 5.99. The molecule has 2 rings (SSSR count). The van der Waals surface area contributed by atoms with Gasteiger partial charge in [0.05, 0.1) is 21.1 Å². The average molecular weight is 258 g/mol. The SMILES string of the molecule is CC(C)Cn1c(N)nc2cc(Cl)c(Cl)cc21. The molecule has 5 heteroatoms. The molecular weight excluding hydrogens is 245 g/mol. The standard InChI is InChI=1S/C11H13Cl2N3/c1-6(2)5-16-10-4-8(13)7(12)3-9(10)15-11(16)14/h3-4,6H,5H2,1-2H3,(H2,14,15). The highest BCUT2D eigenvalue weighted by Crippen LogP contribution is 2.29. The molecule has 16 heavy (non-hydrogen) atoms. The van der Waals surface area contributed by atoms with Crippen molar-refractivity contribution in [1.29, 1.82) is 0 Å². The number of rotatable bonds is 2. The van der Waals surface area contributed by atoms with Gasteiger partial charge in [-0.15, -0.1) is 0 Å². The van der Waals surface area contributed by atoms with Crippen LogP contribution in [-0.4, -0.2) is 9.55 Å². The summed E-state index contributed by atoms with van der Waals surface area (Å²) in [6, 6.07) is 3.55. The summed E-state index contributed by atoms with van der Waals surface area (Å²) >= 11 is 11.9. The predicted octanol–water partition coefficient (Wildman–Crippen LogP) is 3.58. The zero-order valence-corrected chi connectivity index (χ0v) is 10.7. The first-order valence-electron chi connectivity index (χ1n) is 5.09. The van der Waals surface area contributed by atoms with Gasteiger partial charge in [-0.3, -0.25) is 0 Å². The maximum atomic E-state index is 5.99. The number of nitrogen functional groups attached to an aromatic ring is 1. The van der Waals surface area contributed by atoms with E-state index in [1.54, 1.807) is 6.07 Å². The van der Waals surface area contributed by atoms with Gasteiger partial charge in [0, 0.05) is 6.54 Å². The van der Waals surface area contributed by atoms with Crippen molar-refractivity contribution in [2.75, 3.05) is 5.73 Å². The fraction of sp³-hybridized carbons (Fsp3) is 0.364. The Morgan fingerprint density at radius 2 is 1.94 bits per heavy atom. The molecule has 0 fully saturated rings. The molecule has 0 radical (unpaired) electrons. The minimum atomic E-state index is 0.495. The van der Waals surface area contributed by atoms with Crippen LogP contribution in [-0.2, 0) is 6.54 Å². The topological polar surface area (TPSA) is 43.8 Å². The molecule has 0 atom stereocenters. The Balaban J connectivity index is 2.64. The Morgan fingerprint density at radius 1 is 1.31 bits per heavy atom. The van der Waals surface area contributed by atoms with E-state index in [1.165, 1.54) is 0 Å². The monoisotopic (exact) mass is 257 g/mol. The number of benzene rings is 1. The number of halogens is 2. The molecule has 0 bridgehead atoms. The third-order valence-electron chi connectivity index (χ3n) is 2.37. The Hall–Kier alpha value is -0.930. The Bertz CT molecular complexity index is 531. The minimum absolute atomic E-state index is 0.495. The molecule has 1 aromatic carbocycles. The second-order valence-electron chi connectivity index (χ2n) is 4.23. The van der Waals surface area contributed by atoms with Gasteiger partial charge in [-0.25, -0.2) is 4.98 Å². The van der Waals surface area contributed by atoms with E-state index in [-0.39, 0.29) is 0 Å². The summed E-state index contributed by atoms with van der Waals surface area (Å²) in [4.78, 5) is 4.27. The third-order valence-corrected chi connectivity index (χ3v) is 3.09. The molecule has 0 aliphatic rings. The number of imidazole rings is 1. The van der Waals surface area contributed by atoms with E-state index in [1.807, 2.05) is 10.6 Å². The lowest BCUT2D eigenvalue weighted by atomic mass is 10.2. The molecule has 0 aliphatic heterocycles. The first-order chi connectivity index (χ1) is 7.49. The van der Waals surface area contributed by atoms with Crippen molar-refractivity contribution < 1.29 is 0 Å². The van der Waals surface area contributed by atoms with Crippen LogP contribution in [0.15, 0.2) is 12.1 Å². The number of aromatic nitrogens is 2. The van der Waals surface area contributed by atoms with Crippen molar-refractivity contribution in [2.24, 2.45) is 5.92 Å². The van der Waals surface area contributed by atoms with Crippen molar-refractivity contribution >= 4 is 40.2 Å². The van der Waals surface area contributed by atoms with Gasteiger partial charge in [-0.1, -0.05) is 37.0 Å². The van der Waals surface area contributed by atoms with Crippen LogP contribution in [0.25, 0.3) is 11.0 Å². The Morgan fingerprint density at radius 3 is 2.56 bits per heavy atom.